The van der Waals surface area contributed by atoms with E-state index in [0.717, 1.165) is 43.0 Å². The third kappa shape index (κ3) is 19.0. The highest BCUT2D eigenvalue weighted by atomic mass is 127. The van der Waals surface area contributed by atoms with Gasteiger partial charge in [0.25, 0.3) is 0 Å². The van der Waals surface area contributed by atoms with Gasteiger partial charge in [-0.3, -0.25) is 4.79 Å². The largest absolute Gasteiger partial charge is 0.455 e. The van der Waals surface area contributed by atoms with Crippen LogP contribution in [0.2, 0.25) is 54.4 Å². The number of hydrogen-bond acceptors (Lipinski definition) is 14. The van der Waals surface area contributed by atoms with Crippen LogP contribution in [0.1, 0.15) is 191 Å². The van der Waals surface area contributed by atoms with Crippen molar-refractivity contribution < 1.29 is 64.4 Å². The van der Waals surface area contributed by atoms with Gasteiger partial charge in [-0.05, 0) is 161 Å². The second kappa shape index (κ2) is 32.3. The summed E-state index contributed by atoms with van der Waals surface area (Å²) in [4.78, 5) is 30.2. The number of ether oxygens (including phenoxy) is 7. The van der Waals surface area contributed by atoms with Crippen LogP contribution in [0.15, 0.2) is 89.9 Å². The lowest BCUT2D eigenvalue weighted by molar-refractivity contribution is -0.266. The molecule has 2 aromatic carbocycles. The minimum absolute atomic E-state index is 0.0193. The maximum atomic E-state index is 15.8. The SMILES string of the molecule is C=C(C)[C@H](C)C[C@H]1CC[C@@H]2O[C@@H](CCC(/C=C/[C@H](O[Si](C)(C)C(C)(C)C)[C@@H]3O[C@H]4CC[C@H](CC(=O)C(C5[C@H](CCC)O[C@H](CC(C)CC)[C@@H]5OC)S(=O)(=O)c5ccccc5)O[C@@H]4[C@H](O[Si](C)(C)C(C)(C)C)[C@@H]3O[Si](C)(C)C(C)(C)C)OC(=O)c3ccccc3)C[C@]2(CI)O1. The number of sulfone groups is 1. The first-order chi connectivity index (χ1) is 43.7. The van der Waals surface area contributed by atoms with Crippen LogP contribution in [0.4, 0.5) is 0 Å². The van der Waals surface area contributed by atoms with Gasteiger partial charge >= 0.3 is 5.97 Å². The van der Waals surface area contributed by atoms with Gasteiger partial charge in [0, 0.05) is 30.3 Å². The van der Waals surface area contributed by atoms with E-state index in [1.165, 1.54) is 5.57 Å². The van der Waals surface area contributed by atoms with Crippen LogP contribution in [0, 0.1) is 17.8 Å². The average molecular weight is 1490 g/mol. The molecule has 5 aliphatic rings. The predicted octanol–water partition coefficient (Wildman–Crippen LogP) is 17.6. The van der Waals surface area contributed by atoms with E-state index in [2.05, 4.69) is 171 Å². The van der Waals surface area contributed by atoms with E-state index in [1.807, 2.05) is 24.3 Å². The van der Waals surface area contributed by atoms with E-state index in [0.29, 0.717) is 55.9 Å². The number of ketones is 1. The van der Waals surface area contributed by atoms with Gasteiger partial charge < -0.3 is 46.4 Å². The third-order valence-corrected chi connectivity index (χ3v) is 39.8. The second-order valence-electron chi connectivity index (χ2n) is 33.2. The second-order valence-corrected chi connectivity index (χ2v) is 50.3. The number of allylic oxidation sites excluding steroid dienone is 1. The average Bonchev–Trinajstić information content (AvgIpc) is 1.10. The molecule has 0 spiro atoms. The topological polar surface area (TPSA) is 161 Å². The summed E-state index contributed by atoms with van der Waals surface area (Å²) in [6, 6.07) is 17.5. The van der Waals surface area contributed by atoms with Gasteiger partial charge in [0.05, 0.1) is 65.4 Å². The maximum Gasteiger partial charge on any atom is 0.338 e. The molecular weight excluding hydrogens is 1370 g/mol. The summed E-state index contributed by atoms with van der Waals surface area (Å²) in [5.74, 6) is -0.929. The van der Waals surface area contributed by atoms with Gasteiger partial charge in [0.15, 0.2) is 40.6 Å². The van der Waals surface area contributed by atoms with E-state index in [9.17, 15) is 4.79 Å². The van der Waals surface area contributed by atoms with Crippen LogP contribution >= 0.6 is 22.6 Å². The van der Waals surface area contributed by atoms with Crippen molar-refractivity contribution in [1.82, 2.24) is 0 Å². The molecule has 0 radical (unpaired) electrons. The van der Waals surface area contributed by atoms with E-state index >= 15 is 13.2 Å². The molecule has 94 heavy (non-hydrogen) atoms. The minimum Gasteiger partial charge on any atom is -0.455 e. The molecule has 2 aromatic rings. The zero-order chi connectivity index (χ0) is 69.7. The van der Waals surface area contributed by atoms with Gasteiger partial charge in [0.2, 0.25) is 0 Å². The van der Waals surface area contributed by atoms with E-state index in [1.54, 1.807) is 49.6 Å². The summed E-state index contributed by atoms with van der Waals surface area (Å²) in [6.07, 6.45) is 5.47. The Morgan fingerprint density at radius 2 is 1.32 bits per heavy atom. The van der Waals surface area contributed by atoms with Crippen molar-refractivity contribution in [3.63, 3.8) is 0 Å². The number of esters is 1. The van der Waals surface area contributed by atoms with Gasteiger partial charge in [-0.25, -0.2) is 13.2 Å². The number of carbonyl (C=O) groups is 2. The molecule has 4 unspecified atom stereocenters. The monoisotopic (exact) mass is 1490 g/mol. The molecular formula is C75H123IO14SSi3. The Hall–Kier alpha value is -1.97. The smallest absolute Gasteiger partial charge is 0.338 e. The molecule has 19 atom stereocenters. The molecule has 0 aliphatic carbocycles. The molecule has 7 rings (SSSR count). The lowest BCUT2D eigenvalue weighted by Gasteiger charge is -2.56. The normalized spacial score (nSPS) is 30.7. The highest BCUT2D eigenvalue weighted by Gasteiger charge is 2.60. The molecule has 0 aromatic heterocycles. The zero-order valence-corrected chi connectivity index (χ0v) is 67.4. The summed E-state index contributed by atoms with van der Waals surface area (Å²) in [6.45, 7) is 48.6. The van der Waals surface area contributed by atoms with Crippen molar-refractivity contribution >= 4 is 69.1 Å². The summed E-state index contributed by atoms with van der Waals surface area (Å²) >= 11 is 2.48. The summed E-state index contributed by atoms with van der Waals surface area (Å²) < 4.78 is 104. The highest BCUT2D eigenvalue weighted by Crippen LogP contribution is 2.50. The van der Waals surface area contributed by atoms with Crippen molar-refractivity contribution in [2.45, 2.75) is 336 Å². The molecule has 532 valence electrons. The standard InChI is InChI=1S/C75H123IO14SSi3/c1-23-31-59-64(65(81-16)62(85-59)44-50(5)24-2)70(91(79,80)57-34-29-26-30-35-57)58(77)46-54-39-41-60-66(83-54)68(89-93(19,20)73(10,11)12)69(90-94(21,22)74(13,14)15)67(86-60)61(88-92(17,18)72(7,8)9)42-38-53(84-71(78)52-32-27-25-28-33-52)36-37-56-47-75(48-76)63(82-56)43-40-55(87-75)45-51(6)49(3)4/h25-30,32-35,38,42,50-51,53-56,59-70H,3,23-24,31,36-37,39-41,43-48H2,1-2,4-22H3/b42-38+/t50?,51-,53?,54-,55-,56+,59+,60+,61+,62-,63+,64?,65+,66+,67+,68+,69-,70?,75-/m1/s1. The third-order valence-electron chi connectivity index (χ3n) is 22.9. The van der Waals surface area contributed by atoms with E-state index in [-0.39, 0.29) is 50.8 Å². The fourth-order valence-electron chi connectivity index (χ4n) is 13.7. The number of methoxy groups -OCH3 is 1. The van der Waals surface area contributed by atoms with Crippen molar-refractivity contribution in [1.29, 1.82) is 0 Å². The Morgan fingerprint density at radius 1 is 0.723 bits per heavy atom. The molecule has 5 fully saturated rings. The lowest BCUT2D eigenvalue weighted by Crippen LogP contribution is -2.69. The highest BCUT2D eigenvalue weighted by molar-refractivity contribution is 14.1. The summed E-state index contributed by atoms with van der Waals surface area (Å²) in [5, 5.41) is -2.18. The molecule has 19 heteroatoms. The van der Waals surface area contributed by atoms with Crippen LogP contribution in [0.25, 0.3) is 0 Å². The molecule has 0 N–H and O–H groups in total. The summed E-state index contributed by atoms with van der Waals surface area (Å²) in [7, 11) is -10.8. The van der Waals surface area contributed by atoms with Crippen LogP contribution in [0.3, 0.4) is 0 Å². The van der Waals surface area contributed by atoms with E-state index < -0.39 is 124 Å². The Kier molecular flexibility index (Phi) is 27.3. The number of halogens is 1. The number of alkyl halides is 1. The quantitative estimate of drug-likeness (QED) is 0.0239. The molecule has 0 amide bonds. The Bertz CT molecular complexity index is 2930. The van der Waals surface area contributed by atoms with Crippen LogP contribution < -0.4 is 0 Å². The van der Waals surface area contributed by atoms with Crippen molar-refractivity contribution in [3.8, 4) is 0 Å². The maximum absolute atomic E-state index is 15.8. The molecule has 0 saturated carbocycles. The number of rotatable bonds is 30. The zero-order valence-electron chi connectivity index (χ0n) is 61.4. The molecule has 5 heterocycles. The van der Waals surface area contributed by atoms with Crippen molar-refractivity contribution in [2.75, 3.05) is 11.5 Å². The van der Waals surface area contributed by atoms with Gasteiger partial charge in [-0.2, -0.15) is 0 Å². The number of hydrogen-bond donors (Lipinski definition) is 0. The first-order valence-corrected chi connectivity index (χ1v) is 47.4. The first-order valence-electron chi connectivity index (χ1n) is 35.6. The Labute approximate surface area is 585 Å². The summed E-state index contributed by atoms with van der Waals surface area (Å²) in [5.41, 5.74) is 1.24. The van der Waals surface area contributed by atoms with Gasteiger partial charge in [-0.1, -0.05) is 180 Å². The minimum atomic E-state index is -4.29. The van der Waals surface area contributed by atoms with E-state index in [4.69, 9.17) is 46.4 Å². The first kappa shape index (κ1) is 79.4. The van der Waals surface area contributed by atoms with Crippen LogP contribution in [-0.2, 0) is 61.1 Å². The van der Waals surface area contributed by atoms with Gasteiger partial charge in [0.1, 0.15) is 41.4 Å². The Morgan fingerprint density at radius 3 is 1.88 bits per heavy atom. The molecule has 0 bridgehead atoms. The number of Topliss-reactive ketones (excluding diaryl/α,β-unsaturated/α-hetero) is 1. The number of carbonyl (C=O) groups excluding carboxylic acids is 2. The molecule has 5 aliphatic heterocycles. The van der Waals surface area contributed by atoms with Crippen LogP contribution in [0.5, 0.6) is 0 Å². The van der Waals surface area contributed by atoms with Crippen LogP contribution in [-0.4, -0.2) is 153 Å². The molecule has 5 saturated heterocycles. The Balaban J connectivity index is 1.30. The number of fused-ring (bicyclic) bond motifs is 2. The molecule has 14 nitrogen and oxygen atoms in total. The predicted molar refractivity (Wildman–Crippen MR) is 393 cm³/mol. The fraction of sp³-hybridized carbons (Fsp3) is 0.760. The number of benzene rings is 2. The van der Waals surface area contributed by atoms with Crippen molar-refractivity contribution in [3.05, 3.63) is 90.5 Å². The van der Waals surface area contributed by atoms with Gasteiger partial charge in [-0.15, -0.1) is 0 Å². The fourth-order valence-corrected chi connectivity index (χ4v) is 20.6. The van der Waals surface area contributed by atoms with Crippen molar-refractivity contribution in [2.24, 2.45) is 17.8 Å². The lowest BCUT2D eigenvalue weighted by atomic mass is 9.84.